The van der Waals surface area contributed by atoms with Gasteiger partial charge in [-0.15, -0.1) is 0 Å². The fraction of sp³-hybridized carbons (Fsp3) is 0.900. The van der Waals surface area contributed by atoms with Crippen molar-refractivity contribution in [2.24, 2.45) is 0 Å². The maximum atomic E-state index is 11.6. The van der Waals surface area contributed by atoms with Gasteiger partial charge in [0.2, 0.25) is 5.91 Å². The van der Waals surface area contributed by atoms with Crippen molar-refractivity contribution in [2.75, 3.05) is 26.7 Å². The number of piperazine rings is 1. The summed E-state index contributed by atoms with van der Waals surface area (Å²) in [6, 6.07) is -0.0336. The van der Waals surface area contributed by atoms with Crippen molar-refractivity contribution in [1.82, 2.24) is 15.5 Å². The highest BCUT2D eigenvalue weighted by Gasteiger charge is 2.39. The van der Waals surface area contributed by atoms with Crippen LogP contribution in [0.15, 0.2) is 0 Å². The standard InChI is InChI=1S/C10H21N3O/c1-5-13-8(6-11-4)9(14)12-7-10(13,2)3/h8,11H,5-7H2,1-4H3,(H,12,14). The van der Waals surface area contributed by atoms with Crippen LogP contribution in [0.2, 0.25) is 0 Å². The van der Waals surface area contributed by atoms with Crippen molar-refractivity contribution in [3.8, 4) is 0 Å². The number of carbonyl (C=O) groups excluding carboxylic acids is 1. The Morgan fingerprint density at radius 3 is 2.79 bits per heavy atom. The molecule has 2 N–H and O–H groups in total. The first-order valence-corrected chi connectivity index (χ1v) is 5.22. The zero-order valence-electron chi connectivity index (χ0n) is 9.55. The second kappa shape index (κ2) is 4.28. The molecule has 14 heavy (non-hydrogen) atoms. The summed E-state index contributed by atoms with van der Waals surface area (Å²) in [5.41, 5.74) is 0.0597. The monoisotopic (exact) mass is 199 g/mol. The summed E-state index contributed by atoms with van der Waals surface area (Å²) in [5.74, 6) is 0.139. The van der Waals surface area contributed by atoms with E-state index in [0.717, 1.165) is 13.1 Å². The molecule has 4 heteroatoms. The molecule has 82 valence electrons. The van der Waals surface area contributed by atoms with Crippen molar-refractivity contribution in [3.63, 3.8) is 0 Å². The van der Waals surface area contributed by atoms with Crippen LogP contribution in [0, 0.1) is 0 Å². The fourth-order valence-corrected chi connectivity index (χ4v) is 2.13. The molecule has 0 bridgehead atoms. The topological polar surface area (TPSA) is 44.4 Å². The van der Waals surface area contributed by atoms with Gasteiger partial charge in [-0.1, -0.05) is 6.92 Å². The zero-order valence-corrected chi connectivity index (χ0v) is 9.55. The van der Waals surface area contributed by atoms with Gasteiger partial charge in [-0.05, 0) is 27.4 Å². The Hall–Kier alpha value is -0.610. The molecule has 0 aromatic rings. The third-order valence-corrected chi connectivity index (χ3v) is 2.89. The van der Waals surface area contributed by atoms with Gasteiger partial charge in [-0.2, -0.15) is 0 Å². The quantitative estimate of drug-likeness (QED) is 0.662. The molecule has 1 saturated heterocycles. The smallest absolute Gasteiger partial charge is 0.238 e. The van der Waals surface area contributed by atoms with Gasteiger partial charge in [-0.3, -0.25) is 9.69 Å². The molecule has 0 saturated carbocycles. The molecule has 0 radical (unpaired) electrons. The maximum absolute atomic E-state index is 11.6. The van der Waals surface area contributed by atoms with Crippen molar-refractivity contribution in [3.05, 3.63) is 0 Å². The average molecular weight is 199 g/mol. The van der Waals surface area contributed by atoms with E-state index < -0.39 is 0 Å². The van der Waals surface area contributed by atoms with Gasteiger partial charge in [0.05, 0.1) is 0 Å². The minimum Gasteiger partial charge on any atom is -0.353 e. The summed E-state index contributed by atoms with van der Waals surface area (Å²) >= 11 is 0. The molecular weight excluding hydrogens is 178 g/mol. The van der Waals surface area contributed by atoms with E-state index in [1.165, 1.54) is 0 Å². The van der Waals surface area contributed by atoms with Crippen molar-refractivity contribution in [2.45, 2.75) is 32.4 Å². The van der Waals surface area contributed by atoms with E-state index >= 15 is 0 Å². The molecule has 1 aliphatic heterocycles. The molecule has 1 unspecified atom stereocenters. The lowest BCUT2D eigenvalue weighted by Gasteiger charge is -2.46. The van der Waals surface area contributed by atoms with Crippen molar-refractivity contribution >= 4 is 5.91 Å². The van der Waals surface area contributed by atoms with Gasteiger partial charge in [0.25, 0.3) is 0 Å². The molecule has 4 nitrogen and oxygen atoms in total. The average Bonchev–Trinajstić information content (AvgIpc) is 2.12. The van der Waals surface area contributed by atoms with Gasteiger partial charge in [0.15, 0.2) is 0 Å². The van der Waals surface area contributed by atoms with Gasteiger partial charge in [0.1, 0.15) is 6.04 Å². The van der Waals surface area contributed by atoms with Gasteiger partial charge in [-0.25, -0.2) is 0 Å². The number of nitrogens with zero attached hydrogens (tertiary/aromatic N) is 1. The largest absolute Gasteiger partial charge is 0.353 e. The van der Waals surface area contributed by atoms with Crippen LogP contribution < -0.4 is 10.6 Å². The lowest BCUT2D eigenvalue weighted by Crippen LogP contribution is -2.67. The summed E-state index contributed by atoms with van der Waals surface area (Å²) in [7, 11) is 1.88. The minimum atomic E-state index is -0.0336. The molecular formula is C10H21N3O. The summed E-state index contributed by atoms with van der Waals surface area (Å²) in [6.07, 6.45) is 0. The lowest BCUT2D eigenvalue weighted by atomic mass is 9.96. The van der Waals surface area contributed by atoms with E-state index in [1.54, 1.807) is 0 Å². The third kappa shape index (κ3) is 2.07. The number of carbonyl (C=O) groups is 1. The first-order valence-electron chi connectivity index (χ1n) is 5.22. The molecule has 1 amide bonds. The first-order chi connectivity index (χ1) is 6.53. The van der Waals surface area contributed by atoms with Crippen LogP contribution in [0.5, 0.6) is 0 Å². The predicted octanol–water partition coefficient (Wildman–Crippen LogP) is -0.195. The maximum Gasteiger partial charge on any atom is 0.238 e. The predicted molar refractivity (Wildman–Crippen MR) is 57.2 cm³/mol. The van der Waals surface area contributed by atoms with Gasteiger partial charge in [0, 0.05) is 18.6 Å². The van der Waals surface area contributed by atoms with Crippen LogP contribution in [0.3, 0.4) is 0 Å². The fourth-order valence-electron chi connectivity index (χ4n) is 2.13. The summed E-state index contributed by atoms with van der Waals surface area (Å²) in [4.78, 5) is 13.9. The second-order valence-corrected chi connectivity index (χ2v) is 4.39. The molecule has 0 aliphatic carbocycles. The molecule has 0 aromatic heterocycles. The van der Waals surface area contributed by atoms with Crippen molar-refractivity contribution in [1.29, 1.82) is 0 Å². The first kappa shape index (κ1) is 11.5. The van der Waals surface area contributed by atoms with E-state index in [-0.39, 0.29) is 17.5 Å². The normalized spacial score (nSPS) is 27.4. The molecule has 1 aliphatic rings. The number of likely N-dealkylation sites (N-methyl/N-ethyl adjacent to an activating group) is 2. The van der Waals surface area contributed by atoms with E-state index in [1.807, 2.05) is 7.05 Å². The number of hydrogen-bond donors (Lipinski definition) is 2. The molecule has 1 rings (SSSR count). The Morgan fingerprint density at radius 2 is 2.29 bits per heavy atom. The Morgan fingerprint density at radius 1 is 1.64 bits per heavy atom. The highest BCUT2D eigenvalue weighted by Crippen LogP contribution is 2.20. The summed E-state index contributed by atoms with van der Waals surface area (Å²) in [6.45, 7) is 8.79. The Kier molecular flexibility index (Phi) is 3.50. The minimum absolute atomic E-state index is 0.0336. The summed E-state index contributed by atoms with van der Waals surface area (Å²) in [5, 5.41) is 6.02. The Bertz CT molecular complexity index is 215. The third-order valence-electron chi connectivity index (χ3n) is 2.89. The number of rotatable bonds is 3. The molecule has 1 fully saturated rings. The van der Waals surface area contributed by atoms with E-state index in [0.29, 0.717) is 6.54 Å². The van der Waals surface area contributed by atoms with E-state index in [4.69, 9.17) is 0 Å². The van der Waals surface area contributed by atoms with Crippen LogP contribution in [-0.4, -0.2) is 49.1 Å². The molecule has 0 spiro atoms. The number of amides is 1. The highest BCUT2D eigenvalue weighted by molar-refractivity contribution is 5.83. The van der Waals surface area contributed by atoms with Crippen LogP contribution in [0.1, 0.15) is 20.8 Å². The van der Waals surface area contributed by atoms with Crippen LogP contribution in [0.25, 0.3) is 0 Å². The Balaban J connectivity index is 2.80. The summed E-state index contributed by atoms with van der Waals surface area (Å²) < 4.78 is 0. The van der Waals surface area contributed by atoms with Crippen LogP contribution in [-0.2, 0) is 4.79 Å². The lowest BCUT2D eigenvalue weighted by molar-refractivity contribution is -0.133. The molecule has 1 atom stereocenters. The van der Waals surface area contributed by atoms with Gasteiger partial charge < -0.3 is 10.6 Å². The zero-order chi connectivity index (χ0) is 10.8. The SMILES string of the molecule is CCN1C(CNC)C(=O)NCC1(C)C. The second-order valence-electron chi connectivity index (χ2n) is 4.39. The van der Waals surface area contributed by atoms with E-state index in [9.17, 15) is 4.79 Å². The van der Waals surface area contributed by atoms with Crippen LogP contribution in [0.4, 0.5) is 0 Å². The van der Waals surface area contributed by atoms with Crippen molar-refractivity contribution < 1.29 is 4.79 Å². The number of hydrogen-bond acceptors (Lipinski definition) is 3. The molecule has 0 aromatic carbocycles. The molecule has 1 heterocycles. The van der Waals surface area contributed by atoms with Crippen LogP contribution >= 0.6 is 0 Å². The highest BCUT2D eigenvalue weighted by atomic mass is 16.2. The number of nitrogens with one attached hydrogen (secondary N) is 2. The van der Waals surface area contributed by atoms with Gasteiger partial charge >= 0.3 is 0 Å². The van der Waals surface area contributed by atoms with E-state index in [2.05, 4.69) is 36.3 Å². The Labute approximate surface area is 86.0 Å².